The number of aromatic nitrogens is 2. The van der Waals surface area contributed by atoms with Crippen molar-refractivity contribution in [3.05, 3.63) is 41.6 Å². The summed E-state index contributed by atoms with van der Waals surface area (Å²) in [5.41, 5.74) is 2.52. The third-order valence-electron chi connectivity index (χ3n) is 2.96. The molecule has 0 unspecified atom stereocenters. The first kappa shape index (κ1) is 15.9. The molecule has 0 fully saturated rings. The minimum Gasteiger partial charge on any atom is -0.459 e. The molecule has 0 aliphatic carbocycles. The number of benzene rings is 1. The number of hydrogen-bond donors (Lipinski definition) is 0. The average Bonchev–Trinajstić information content (AvgIpc) is 2.84. The third-order valence-corrected chi connectivity index (χ3v) is 2.96. The summed E-state index contributed by atoms with van der Waals surface area (Å²) in [5.74, 6) is -0.345. The lowest BCUT2D eigenvalue weighted by atomic mass is 10.0. The van der Waals surface area contributed by atoms with Gasteiger partial charge in [0.15, 0.2) is 6.29 Å². The Kier molecular flexibility index (Phi) is 4.45. The van der Waals surface area contributed by atoms with E-state index >= 15 is 0 Å². The fraction of sp³-hybridized carbons (Fsp3) is 0.353. The van der Waals surface area contributed by atoms with Crippen LogP contribution in [0.4, 0.5) is 0 Å². The highest BCUT2D eigenvalue weighted by Crippen LogP contribution is 2.22. The van der Waals surface area contributed by atoms with E-state index in [0.29, 0.717) is 11.3 Å². The molecule has 0 saturated carbocycles. The maximum absolute atomic E-state index is 11.8. The zero-order valence-electron chi connectivity index (χ0n) is 13.3. The van der Waals surface area contributed by atoms with Crippen molar-refractivity contribution in [1.82, 2.24) is 9.78 Å². The van der Waals surface area contributed by atoms with Crippen molar-refractivity contribution in [1.29, 1.82) is 0 Å². The lowest BCUT2D eigenvalue weighted by Gasteiger charge is -2.19. The summed E-state index contributed by atoms with van der Waals surface area (Å²) in [6, 6.07) is 7.34. The number of ether oxygens (including phenoxy) is 1. The van der Waals surface area contributed by atoms with Gasteiger partial charge in [-0.25, -0.2) is 0 Å². The van der Waals surface area contributed by atoms with Gasteiger partial charge in [-0.05, 0) is 39.8 Å². The quantitative estimate of drug-likeness (QED) is 0.643. The van der Waals surface area contributed by atoms with Crippen LogP contribution >= 0.6 is 0 Å². The predicted molar refractivity (Wildman–Crippen MR) is 83.6 cm³/mol. The van der Waals surface area contributed by atoms with E-state index in [-0.39, 0.29) is 12.5 Å². The number of hydrogen-bond acceptors (Lipinski definition) is 4. The molecule has 0 bridgehead atoms. The summed E-state index contributed by atoms with van der Waals surface area (Å²) in [6.45, 7) is 7.46. The Morgan fingerprint density at radius 2 is 2.05 bits per heavy atom. The highest BCUT2D eigenvalue weighted by atomic mass is 16.6. The summed E-state index contributed by atoms with van der Waals surface area (Å²) in [7, 11) is 0. The topological polar surface area (TPSA) is 61.2 Å². The smallest absolute Gasteiger partial charge is 0.328 e. The second-order valence-corrected chi connectivity index (χ2v) is 6.19. The van der Waals surface area contributed by atoms with Crippen LogP contribution in [0.2, 0.25) is 0 Å². The van der Waals surface area contributed by atoms with Crippen LogP contribution in [0.3, 0.4) is 0 Å². The molecule has 2 rings (SSSR count). The van der Waals surface area contributed by atoms with Gasteiger partial charge in [0, 0.05) is 17.3 Å². The van der Waals surface area contributed by atoms with Crippen molar-refractivity contribution in [3.63, 3.8) is 0 Å². The minimum absolute atomic E-state index is 0.0412. The van der Waals surface area contributed by atoms with Crippen LogP contribution in [-0.2, 0) is 16.1 Å². The lowest BCUT2D eigenvalue weighted by Crippen LogP contribution is -2.26. The van der Waals surface area contributed by atoms with E-state index < -0.39 is 5.60 Å². The minimum atomic E-state index is -0.520. The van der Waals surface area contributed by atoms with Crippen molar-refractivity contribution >= 4 is 12.3 Å². The molecule has 1 aromatic carbocycles. The molecule has 5 nitrogen and oxygen atoms in total. The first-order valence-corrected chi connectivity index (χ1v) is 7.10. The average molecular weight is 300 g/mol. The summed E-state index contributed by atoms with van der Waals surface area (Å²) in [6.07, 6.45) is 2.51. The van der Waals surface area contributed by atoms with Crippen LogP contribution in [-0.4, -0.2) is 27.6 Å². The van der Waals surface area contributed by atoms with E-state index in [2.05, 4.69) is 5.10 Å². The molecule has 2 aromatic rings. The molecule has 0 aliphatic heterocycles. The number of aldehydes is 1. The van der Waals surface area contributed by atoms with Gasteiger partial charge in [0.1, 0.15) is 12.1 Å². The van der Waals surface area contributed by atoms with Crippen molar-refractivity contribution in [2.45, 2.75) is 39.8 Å². The van der Waals surface area contributed by atoms with E-state index in [1.54, 1.807) is 18.3 Å². The van der Waals surface area contributed by atoms with Crippen LogP contribution in [0.5, 0.6) is 0 Å². The number of carbonyl (C=O) groups excluding carboxylic acids is 2. The van der Waals surface area contributed by atoms with E-state index in [9.17, 15) is 9.59 Å². The van der Waals surface area contributed by atoms with Crippen LogP contribution in [0.25, 0.3) is 11.3 Å². The first-order valence-electron chi connectivity index (χ1n) is 7.10. The number of aryl methyl sites for hydroxylation is 1. The molecular weight excluding hydrogens is 280 g/mol. The maximum Gasteiger partial charge on any atom is 0.328 e. The van der Waals surface area contributed by atoms with Crippen molar-refractivity contribution in [3.8, 4) is 11.3 Å². The number of nitrogens with zero attached hydrogens (tertiary/aromatic N) is 2. The molecule has 1 heterocycles. The van der Waals surface area contributed by atoms with Gasteiger partial charge in [0.2, 0.25) is 0 Å². The Morgan fingerprint density at radius 1 is 1.32 bits per heavy atom. The van der Waals surface area contributed by atoms with E-state index in [4.69, 9.17) is 4.74 Å². The summed E-state index contributed by atoms with van der Waals surface area (Å²) in [5, 5.41) is 4.36. The van der Waals surface area contributed by atoms with Gasteiger partial charge in [0.05, 0.1) is 5.69 Å². The molecule has 116 valence electrons. The summed E-state index contributed by atoms with van der Waals surface area (Å²) >= 11 is 0. The standard InChI is InChI=1S/C17H20N2O3/c1-12-5-6-13(11-20)14(9-12)15-7-8-19(18-15)10-16(21)22-17(2,3)4/h5-9,11H,10H2,1-4H3. The third kappa shape index (κ3) is 4.04. The molecule has 0 radical (unpaired) electrons. The maximum atomic E-state index is 11.8. The molecule has 1 aromatic heterocycles. The predicted octanol–water partition coefficient (Wildman–Crippen LogP) is 3.01. The second kappa shape index (κ2) is 6.13. The molecular formula is C17H20N2O3. The Balaban J connectivity index is 2.20. The summed E-state index contributed by atoms with van der Waals surface area (Å²) in [4.78, 5) is 23.0. The molecule has 0 amide bonds. The Bertz CT molecular complexity index is 696. The fourth-order valence-electron chi connectivity index (χ4n) is 2.09. The lowest BCUT2D eigenvalue weighted by molar-refractivity contribution is -0.155. The number of esters is 1. The fourth-order valence-corrected chi connectivity index (χ4v) is 2.09. The SMILES string of the molecule is Cc1ccc(C=O)c(-c2ccn(CC(=O)OC(C)(C)C)n2)c1. The van der Waals surface area contributed by atoms with Crippen molar-refractivity contribution in [2.24, 2.45) is 0 Å². The molecule has 0 atom stereocenters. The van der Waals surface area contributed by atoms with Gasteiger partial charge in [-0.3, -0.25) is 14.3 Å². The van der Waals surface area contributed by atoms with Gasteiger partial charge < -0.3 is 4.74 Å². The normalized spacial score (nSPS) is 11.3. The van der Waals surface area contributed by atoms with Crippen LogP contribution in [0.15, 0.2) is 30.5 Å². The van der Waals surface area contributed by atoms with Gasteiger partial charge in [0.25, 0.3) is 0 Å². The Hall–Kier alpha value is -2.43. The molecule has 0 N–H and O–H groups in total. The molecule has 0 spiro atoms. The largest absolute Gasteiger partial charge is 0.459 e. The van der Waals surface area contributed by atoms with Gasteiger partial charge in [-0.1, -0.05) is 17.7 Å². The molecule has 0 saturated heterocycles. The van der Waals surface area contributed by atoms with Crippen LogP contribution in [0.1, 0.15) is 36.7 Å². The van der Waals surface area contributed by atoms with Crippen LogP contribution in [0, 0.1) is 6.92 Å². The Morgan fingerprint density at radius 3 is 2.68 bits per heavy atom. The first-order chi connectivity index (χ1) is 10.3. The summed E-state index contributed by atoms with van der Waals surface area (Å²) < 4.78 is 6.78. The van der Waals surface area contributed by atoms with Crippen molar-refractivity contribution in [2.75, 3.05) is 0 Å². The van der Waals surface area contributed by atoms with Gasteiger partial charge >= 0.3 is 5.97 Å². The molecule has 5 heteroatoms. The zero-order valence-corrected chi connectivity index (χ0v) is 13.3. The van der Waals surface area contributed by atoms with Crippen LogP contribution < -0.4 is 0 Å². The van der Waals surface area contributed by atoms with E-state index in [1.807, 2.05) is 39.8 Å². The highest BCUT2D eigenvalue weighted by Gasteiger charge is 2.17. The number of rotatable bonds is 4. The monoisotopic (exact) mass is 300 g/mol. The molecule has 0 aliphatic rings. The molecule has 22 heavy (non-hydrogen) atoms. The van der Waals surface area contributed by atoms with Crippen molar-refractivity contribution < 1.29 is 14.3 Å². The van der Waals surface area contributed by atoms with E-state index in [0.717, 1.165) is 17.4 Å². The van der Waals surface area contributed by atoms with Gasteiger partial charge in [-0.15, -0.1) is 0 Å². The Labute approximate surface area is 129 Å². The van der Waals surface area contributed by atoms with E-state index in [1.165, 1.54) is 4.68 Å². The zero-order chi connectivity index (χ0) is 16.3. The second-order valence-electron chi connectivity index (χ2n) is 6.19. The van der Waals surface area contributed by atoms with Gasteiger partial charge in [-0.2, -0.15) is 5.10 Å². The number of carbonyl (C=O) groups is 2. The highest BCUT2D eigenvalue weighted by molar-refractivity contribution is 5.86.